The average molecular weight is 438 g/mol. The Hall–Kier alpha value is -2.32. The van der Waals surface area contributed by atoms with Crippen LogP contribution < -0.4 is 9.64 Å². The van der Waals surface area contributed by atoms with E-state index in [0.29, 0.717) is 43.4 Å². The average Bonchev–Trinajstić information content (AvgIpc) is 2.71. The third-order valence-corrected chi connectivity index (χ3v) is 6.05. The number of anilines is 1. The Bertz CT molecular complexity index is 942. The summed E-state index contributed by atoms with van der Waals surface area (Å²) in [7, 11) is -3.21. The lowest BCUT2D eigenvalue weighted by Crippen LogP contribution is -2.49. The lowest BCUT2D eigenvalue weighted by atomic mass is 10.2. The summed E-state index contributed by atoms with van der Waals surface area (Å²) in [5.41, 5.74) is 0. The van der Waals surface area contributed by atoms with Crippen molar-refractivity contribution in [2.75, 3.05) is 43.9 Å². The van der Waals surface area contributed by atoms with Gasteiger partial charge in [0.2, 0.25) is 5.91 Å². The smallest absolute Gasteiger partial charge is 0.222 e. The molecule has 0 spiro atoms. The standard InChI is InChI=1S/C20H24ClN3O4S/c1-29(26,27)17-9-7-16(8-10-17)28-15-3-6-20(25)24-13-11-23(12-14-24)19-5-2-4-18(21)22-19/h2,4-5,7-10H,3,6,11-15H2,1H3. The van der Waals surface area contributed by atoms with Crippen molar-refractivity contribution in [2.45, 2.75) is 17.7 Å². The van der Waals surface area contributed by atoms with Crippen LogP contribution in [0.15, 0.2) is 47.4 Å². The molecule has 1 aliphatic rings. The summed E-state index contributed by atoms with van der Waals surface area (Å²) in [6.45, 7) is 3.16. The van der Waals surface area contributed by atoms with Gasteiger partial charge in [-0.25, -0.2) is 13.4 Å². The third kappa shape index (κ3) is 6.08. The molecule has 7 nitrogen and oxygen atoms in total. The van der Waals surface area contributed by atoms with Crippen LogP contribution in [0, 0.1) is 0 Å². The van der Waals surface area contributed by atoms with Crippen LogP contribution in [-0.4, -0.2) is 63.3 Å². The SMILES string of the molecule is CS(=O)(=O)c1ccc(OCCCC(=O)N2CCN(c3cccc(Cl)n3)CC2)cc1. The van der Waals surface area contributed by atoms with Gasteiger partial charge in [0.25, 0.3) is 0 Å². The van der Waals surface area contributed by atoms with Crippen LogP contribution in [0.1, 0.15) is 12.8 Å². The topological polar surface area (TPSA) is 79.8 Å². The molecule has 1 aliphatic heterocycles. The summed E-state index contributed by atoms with van der Waals surface area (Å²) in [4.78, 5) is 21.0. The minimum atomic E-state index is -3.21. The van der Waals surface area contributed by atoms with Crippen molar-refractivity contribution in [1.82, 2.24) is 9.88 Å². The Morgan fingerprint density at radius 1 is 1.10 bits per heavy atom. The number of nitrogens with zero attached hydrogens (tertiary/aromatic N) is 3. The maximum absolute atomic E-state index is 12.4. The first kappa shape index (κ1) is 21.4. The summed E-state index contributed by atoms with van der Waals surface area (Å²) in [6.07, 6.45) is 2.18. The quantitative estimate of drug-likeness (QED) is 0.489. The summed E-state index contributed by atoms with van der Waals surface area (Å²) >= 11 is 5.95. The normalized spacial score (nSPS) is 14.7. The fourth-order valence-corrected chi connectivity index (χ4v) is 3.90. The first-order valence-corrected chi connectivity index (χ1v) is 11.7. The first-order valence-electron chi connectivity index (χ1n) is 9.41. The van der Waals surface area contributed by atoms with Gasteiger partial charge in [0.05, 0.1) is 11.5 Å². The van der Waals surface area contributed by atoms with Gasteiger partial charge >= 0.3 is 0 Å². The lowest BCUT2D eigenvalue weighted by molar-refractivity contribution is -0.131. The van der Waals surface area contributed by atoms with Crippen LogP contribution in [0.4, 0.5) is 5.82 Å². The highest BCUT2D eigenvalue weighted by Gasteiger charge is 2.21. The number of piperazine rings is 1. The number of aromatic nitrogens is 1. The van der Waals surface area contributed by atoms with Crippen LogP contribution in [0.3, 0.4) is 0 Å². The molecule has 0 aliphatic carbocycles. The molecule has 0 unspecified atom stereocenters. The predicted octanol–water partition coefficient (Wildman–Crippen LogP) is 2.65. The van der Waals surface area contributed by atoms with Crippen LogP contribution in [0.25, 0.3) is 0 Å². The van der Waals surface area contributed by atoms with Crippen molar-refractivity contribution in [3.63, 3.8) is 0 Å². The third-order valence-electron chi connectivity index (χ3n) is 4.71. The maximum Gasteiger partial charge on any atom is 0.222 e. The van der Waals surface area contributed by atoms with Crippen LogP contribution in [-0.2, 0) is 14.6 Å². The molecule has 1 amide bonds. The second-order valence-electron chi connectivity index (χ2n) is 6.88. The van der Waals surface area contributed by atoms with E-state index in [9.17, 15) is 13.2 Å². The van der Waals surface area contributed by atoms with E-state index < -0.39 is 9.84 Å². The Labute approximate surface area is 176 Å². The van der Waals surface area contributed by atoms with E-state index in [4.69, 9.17) is 16.3 Å². The highest BCUT2D eigenvalue weighted by Crippen LogP contribution is 2.18. The Morgan fingerprint density at radius 3 is 2.41 bits per heavy atom. The number of rotatable bonds is 7. The van der Waals surface area contributed by atoms with Crippen molar-refractivity contribution in [3.8, 4) is 5.75 Å². The molecular formula is C20H24ClN3O4S. The zero-order valence-electron chi connectivity index (χ0n) is 16.3. The molecule has 0 bridgehead atoms. The van der Waals surface area contributed by atoms with Gasteiger partial charge in [-0.3, -0.25) is 4.79 Å². The van der Waals surface area contributed by atoms with Crippen molar-refractivity contribution in [1.29, 1.82) is 0 Å². The number of benzene rings is 1. The first-order chi connectivity index (χ1) is 13.8. The van der Waals surface area contributed by atoms with Gasteiger partial charge in [0.15, 0.2) is 9.84 Å². The number of pyridine rings is 1. The Morgan fingerprint density at radius 2 is 1.79 bits per heavy atom. The zero-order chi connectivity index (χ0) is 20.9. The molecule has 1 fully saturated rings. The van der Waals surface area contributed by atoms with E-state index in [2.05, 4.69) is 9.88 Å². The molecule has 3 rings (SSSR count). The van der Waals surface area contributed by atoms with E-state index in [1.165, 1.54) is 18.4 Å². The summed E-state index contributed by atoms with van der Waals surface area (Å²) in [6, 6.07) is 11.8. The van der Waals surface area contributed by atoms with Crippen LogP contribution in [0.2, 0.25) is 5.15 Å². The predicted molar refractivity (Wildman–Crippen MR) is 112 cm³/mol. The van der Waals surface area contributed by atoms with E-state index in [1.54, 1.807) is 18.2 Å². The molecule has 1 saturated heterocycles. The van der Waals surface area contributed by atoms with Gasteiger partial charge in [0.1, 0.15) is 16.7 Å². The zero-order valence-corrected chi connectivity index (χ0v) is 17.8. The number of carbonyl (C=O) groups excluding carboxylic acids is 1. The molecule has 1 aromatic carbocycles. The maximum atomic E-state index is 12.4. The van der Waals surface area contributed by atoms with Gasteiger partial charge in [-0.1, -0.05) is 17.7 Å². The minimum Gasteiger partial charge on any atom is -0.494 e. The van der Waals surface area contributed by atoms with Crippen LogP contribution >= 0.6 is 11.6 Å². The van der Waals surface area contributed by atoms with Crippen molar-refractivity contribution in [2.24, 2.45) is 0 Å². The van der Waals surface area contributed by atoms with E-state index in [-0.39, 0.29) is 10.8 Å². The molecule has 0 atom stereocenters. The number of sulfone groups is 1. The molecule has 156 valence electrons. The molecule has 0 saturated carbocycles. The number of hydrogen-bond acceptors (Lipinski definition) is 6. The molecular weight excluding hydrogens is 414 g/mol. The van der Waals surface area contributed by atoms with Gasteiger partial charge < -0.3 is 14.5 Å². The van der Waals surface area contributed by atoms with Crippen molar-refractivity contribution < 1.29 is 17.9 Å². The van der Waals surface area contributed by atoms with Gasteiger partial charge in [-0.15, -0.1) is 0 Å². The van der Waals surface area contributed by atoms with Crippen molar-refractivity contribution >= 4 is 33.2 Å². The van der Waals surface area contributed by atoms with Crippen LogP contribution in [0.5, 0.6) is 5.75 Å². The molecule has 0 radical (unpaired) electrons. The largest absolute Gasteiger partial charge is 0.494 e. The highest BCUT2D eigenvalue weighted by molar-refractivity contribution is 7.90. The molecule has 2 heterocycles. The number of amides is 1. The van der Waals surface area contributed by atoms with E-state index >= 15 is 0 Å². The Balaban J connectivity index is 1.38. The fraction of sp³-hybridized carbons (Fsp3) is 0.400. The van der Waals surface area contributed by atoms with Gasteiger partial charge in [0, 0.05) is 38.9 Å². The van der Waals surface area contributed by atoms with E-state index in [0.717, 1.165) is 18.9 Å². The lowest BCUT2D eigenvalue weighted by Gasteiger charge is -2.35. The van der Waals surface area contributed by atoms with Crippen molar-refractivity contribution in [3.05, 3.63) is 47.6 Å². The molecule has 9 heteroatoms. The highest BCUT2D eigenvalue weighted by atomic mass is 35.5. The molecule has 1 aromatic heterocycles. The molecule has 29 heavy (non-hydrogen) atoms. The minimum absolute atomic E-state index is 0.111. The summed E-state index contributed by atoms with van der Waals surface area (Å²) in [5, 5.41) is 0.465. The fourth-order valence-electron chi connectivity index (χ4n) is 3.11. The second kappa shape index (κ2) is 9.45. The number of halogens is 1. The van der Waals surface area contributed by atoms with E-state index in [1.807, 2.05) is 17.0 Å². The molecule has 0 N–H and O–H groups in total. The number of ether oxygens (including phenoxy) is 1. The van der Waals surface area contributed by atoms with Gasteiger partial charge in [-0.05, 0) is 42.8 Å². The summed E-state index contributed by atoms with van der Waals surface area (Å²) in [5.74, 6) is 1.53. The monoisotopic (exact) mass is 437 g/mol. The number of hydrogen-bond donors (Lipinski definition) is 0. The number of carbonyl (C=O) groups is 1. The van der Waals surface area contributed by atoms with Gasteiger partial charge in [-0.2, -0.15) is 0 Å². The second-order valence-corrected chi connectivity index (χ2v) is 9.28. The summed E-state index contributed by atoms with van der Waals surface area (Å²) < 4.78 is 28.5. The Kier molecular flexibility index (Phi) is 6.97. The molecule has 2 aromatic rings.